The molecule has 5 rings (SSSR count). The van der Waals surface area contributed by atoms with Crippen LogP contribution >= 0.6 is 11.3 Å². The summed E-state index contributed by atoms with van der Waals surface area (Å²) < 4.78 is 30.4. The summed E-state index contributed by atoms with van der Waals surface area (Å²) in [5.74, 6) is 1.62. The minimum Gasteiger partial charge on any atom is -0.437 e. The molecule has 0 amide bonds. The van der Waals surface area contributed by atoms with Gasteiger partial charge in [-0.15, -0.1) is 11.3 Å². The zero-order chi connectivity index (χ0) is 26.9. The van der Waals surface area contributed by atoms with Gasteiger partial charge in [0, 0.05) is 31.9 Å². The highest BCUT2D eigenvalue weighted by molar-refractivity contribution is 7.90. The number of piperidine rings is 1. The van der Waals surface area contributed by atoms with E-state index in [1.54, 1.807) is 29.8 Å². The summed E-state index contributed by atoms with van der Waals surface area (Å²) in [5, 5.41) is 12.7. The lowest BCUT2D eigenvalue weighted by molar-refractivity contribution is 0.211. The van der Waals surface area contributed by atoms with Crippen LogP contribution in [0.2, 0.25) is 0 Å². The quantitative estimate of drug-likeness (QED) is 0.345. The first-order valence-corrected chi connectivity index (χ1v) is 15.0. The largest absolute Gasteiger partial charge is 0.437 e. The number of sulfone groups is 1. The number of nitrogens with one attached hydrogen (secondary N) is 1. The first-order chi connectivity index (χ1) is 18.2. The molecule has 0 unspecified atom stereocenters. The minimum atomic E-state index is -3.19. The number of thiazole rings is 1. The third-order valence-corrected chi connectivity index (χ3v) is 8.56. The zero-order valence-corrected chi connectivity index (χ0v) is 23.1. The number of rotatable bonds is 7. The lowest BCUT2D eigenvalue weighted by atomic mass is 10.0. The Morgan fingerprint density at radius 2 is 1.82 bits per heavy atom. The molecule has 196 valence electrons. The van der Waals surface area contributed by atoms with E-state index in [1.165, 1.54) is 17.6 Å². The van der Waals surface area contributed by atoms with Crippen molar-refractivity contribution in [3.63, 3.8) is 0 Å². The Morgan fingerprint density at radius 1 is 1.13 bits per heavy atom. The number of fused-ring (bicyclic) bond motifs is 1. The number of benzene rings is 2. The van der Waals surface area contributed by atoms with Crippen LogP contribution < -0.4 is 10.1 Å². The minimum absolute atomic E-state index is 0.209. The number of nitrogens with zero attached hydrogens (tertiary/aromatic N) is 5. The van der Waals surface area contributed by atoms with Gasteiger partial charge in [-0.1, -0.05) is 12.1 Å². The molecular weight excluding hydrogens is 520 g/mol. The van der Waals surface area contributed by atoms with E-state index in [2.05, 4.69) is 26.3 Å². The van der Waals surface area contributed by atoms with Crippen molar-refractivity contribution in [3.05, 3.63) is 64.2 Å². The van der Waals surface area contributed by atoms with Crippen molar-refractivity contribution in [1.82, 2.24) is 19.9 Å². The van der Waals surface area contributed by atoms with Gasteiger partial charge in [0.05, 0.1) is 22.0 Å². The van der Waals surface area contributed by atoms with Gasteiger partial charge in [0.1, 0.15) is 10.4 Å². The van der Waals surface area contributed by atoms with E-state index in [4.69, 9.17) is 9.72 Å². The maximum Gasteiger partial charge on any atom is 0.243 e. The number of aryl methyl sites for hydroxylation is 2. The Bertz CT molecular complexity index is 1600. The molecule has 0 aliphatic carbocycles. The van der Waals surface area contributed by atoms with E-state index < -0.39 is 9.84 Å². The molecule has 11 heteroatoms. The number of anilines is 1. The Kier molecular flexibility index (Phi) is 7.29. The molecule has 2 aromatic heterocycles. The second kappa shape index (κ2) is 10.6. The maximum atomic E-state index is 11.7. The maximum absolute atomic E-state index is 11.7. The van der Waals surface area contributed by atoms with Gasteiger partial charge in [-0.25, -0.2) is 13.4 Å². The fraction of sp³-hybridized carbons (Fsp3) is 0.333. The van der Waals surface area contributed by atoms with Crippen LogP contribution in [0.25, 0.3) is 10.3 Å². The van der Waals surface area contributed by atoms with Crippen molar-refractivity contribution in [2.24, 2.45) is 0 Å². The number of nitriles is 1. The molecule has 0 bridgehead atoms. The first kappa shape index (κ1) is 26.0. The molecule has 1 saturated heterocycles. The summed E-state index contributed by atoms with van der Waals surface area (Å²) in [4.78, 5) is 16.4. The van der Waals surface area contributed by atoms with Crippen LogP contribution in [0, 0.1) is 25.2 Å². The summed E-state index contributed by atoms with van der Waals surface area (Å²) >= 11 is 1.43. The highest BCUT2D eigenvalue weighted by Gasteiger charge is 2.22. The van der Waals surface area contributed by atoms with Crippen LogP contribution in [0.3, 0.4) is 0 Å². The summed E-state index contributed by atoms with van der Waals surface area (Å²) in [6, 6.07) is 13.1. The molecule has 0 radical (unpaired) electrons. The Labute approximate surface area is 226 Å². The smallest absolute Gasteiger partial charge is 0.243 e. The number of hydrogen-bond donors (Lipinski definition) is 1. The van der Waals surface area contributed by atoms with Crippen LogP contribution in [0.4, 0.5) is 5.95 Å². The summed E-state index contributed by atoms with van der Waals surface area (Å²) in [5.41, 5.74) is 5.74. The predicted octanol–water partition coefficient (Wildman–Crippen LogP) is 4.85. The molecule has 0 saturated carbocycles. The van der Waals surface area contributed by atoms with Crippen molar-refractivity contribution >= 4 is 37.5 Å². The molecule has 1 aliphatic heterocycles. The average Bonchev–Trinajstić information content (AvgIpc) is 3.36. The van der Waals surface area contributed by atoms with Crippen molar-refractivity contribution < 1.29 is 13.2 Å². The van der Waals surface area contributed by atoms with Crippen LogP contribution in [0.1, 0.15) is 35.1 Å². The van der Waals surface area contributed by atoms with E-state index in [-0.39, 0.29) is 6.04 Å². The van der Waals surface area contributed by atoms with Crippen LogP contribution in [0.5, 0.6) is 11.6 Å². The fourth-order valence-corrected chi connectivity index (χ4v) is 5.94. The van der Waals surface area contributed by atoms with Gasteiger partial charge in [0.25, 0.3) is 0 Å². The van der Waals surface area contributed by atoms with E-state index >= 15 is 0 Å². The number of likely N-dealkylation sites (tertiary alicyclic amines) is 1. The molecule has 38 heavy (non-hydrogen) atoms. The van der Waals surface area contributed by atoms with E-state index in [9.17, 15) is 13.7 Å². The van der Waals surface area contributed by atoms with Gasteiger partial charge < -0.3 is 10.1 Å². The topological polar surface area (TPSA) is 121 Å². The Balaban J connectivity index is 1.25. The Hall–Kier alpha value is -3.59. The van der Waals surface area contributed by atoms with Gasteiger partial charge in [-0.05, 0) is 67.6 Å². The third-order valence-electron chi connectivity index (χ3n) is 6.63. The number of aromatic nitrogens is 3. The monoisotopic (exact) mass is 548 g/mol. The molecule has 1 aliphatic rings. The fourth-order valence-electron chi connectivity index (χ4n) is 4.66. The highest BCUT2D eigenvalue weighted by Crippen LogP contribution is 2.35. The number of ether oxygens (including phenoxy) is 1. The summed E-state index contributed by atoms with van der Waals surface area (Å²) in [7, 11) is -3.19. The molecule has 1 N–H and O–H groups in total. The lowest BCUT2D eigenvalue weighted by Crippen LogP contribution is -2.39. The van der Waals surface area contributed by atoms with Crippen molar-refractivity contribution in [1.29, 1.82) is 5.26 Å². The molecular formula is C27H28N6O3S2. The van der Waals surface area contributed by atoms with Crippen molar-refractivity contribution in [3.8, 4) is 17.7 Å². The van der Waals surface area contributed by atoms with Gasteiger partial charge in [-0.2, -0.15) is 15.2 Å². The highest BCUT2D eigenvalue weighted by atomic mass is 32.2. The SMILES string of the molecule is Cc1cc(C#N)cc(C)c1Oc1nc(NC2CCN(Cc3ccc(S(C)(=O)=O)cc3)CC2)nc2ncsc12. The summed E-state index contributed by atoms with van der Waals surface area (Å²) in [6.45, 7) is 6.41. The van der Waals surface area contributed by atoms with Crippen LogP contribution in [-0.2, 0) is 16.4 Å². The van der Waals surface area contributed by atoms with Gasteiger partial charge in [-0.3, -0.25) is 4.90 Å². The summed E-state index contributed by atoms with van der Waals surface area (Å²) in [6.07, 6.45) is 3.06. The molecule has 9 nitrogen and oxygen atoms in total. The van der Waals surface area contributed by atoms with Gasteiger partial charge in [0.2, 0.25) is 11.8 Å². The van der Waals surface area contributed by atoms with E-state index in [0.29, 0.717) is 33.7 Å². The van der Waals surface area contributed by atoms with Gasteiger partial charge >= 0.3 is 0 Å². The zero-order valence-electron chi connectivity index (χ0n) is 21.4. The second-order valence-corrected chi connectivity index (χ2v) is 12.5. The molecule has 0 atom stereocenters. The second-order valence-electron chi connectivity index (χ2n) is 9.62. The Morgan fingerprint density at radius 3 is 2.45 bits per heavy atom. The van der Waals surface area contributed by atoms with Gasteiger partial charge in [0.15, 0.2) is 15.5 Å². The van der Waals surface area contributed by atoms with E-state index in [0.717, 1.165) is 53.9 Å². The van der Waals surface area contributed by atoms with Crippen molar-refractivity contribution in [2.45, 2.75) is 44.2 Å². The van der Waals surface area contributed by atoms with Crippen LogP contribution in [0.15, 0.2) is 46.8 Å². The lowest BCUT2D eigenvalue weighted by Gasteiger charge is -2.32. The van der Waals surface area contributed by atoms with Crippen molar-refractivity contribution in [2.75, 3.05) is 24.7 Å². The van der Waals surface area contributed by atoms with E-state index in [1.807, 2.05) is 26.0 Å². The molecule has 3 heterocycles. The third kappa shape index (κ3) is 5.78. The molecule has 0 spiro atoms. The van der Waals surface area contributed by atoms with Crippen LogP contribution in [-0.4, -0.2) is 53.7 Å². The molecule has 4 aromatic rings. The number of hydrogen-bond acceptors (Lipinski definition) is 10. The first-order valence-electron chi connectivity index (χ1n) is 12.3. The molecule has 2 aromatic carbocycles. The molecule has 1 fully saturated rings. The predicted molar refractivity (Wildman–Crippen MR) is 147 cm³/mol. The average molecular weight is 549 g/mol. The normalized spacial score (nSPS) is 14.9. The standard InChI is InChI=1S/C27H28N6O3S2/c1-17-12-20(14-28)13-18(2)23(17)36-26-24-25(29-16-37-24)31-27(32-26)30-21-8-10-33(11-9-21)15-19-4-6-22(7-5-19)38(3,34)35/h4-7,12-13,16,21H,8-11,15H2,1-3H3,(H,30,31,32).